The number of esters is 1. The SMILES string of the molecule is COc1ccccc1CNC(=O)C1=C(C)C(=O)OC12CCCCC2. The quantitative estimate of drug-likeness (QED) is 0.863. The van der Waals surface area contributed by atoms with E-state index in [2.05, 4.69) is 5.32 Å². The predicted molar refractivity (Wildman–Crippen MR) is 89.4 cm³/mol. The molecule has 0 unspecified atom stereocenters. The molecular weight excluding hydrogens is 306 g/mol. The standard InChI is InChI=1S/C19H23NO4/c1-13-16(19(24-18(13)22)10-6-3-7-11-19)17(21)20-12-14-8-4-5-9-15(14)23-2/h4-5,8-9H,3,6-7,10-12H2,1-2H3,(H,20,21). The van der Waals surface area contributed by atoms with E-state index >= 15 is 0 Å². The predicted octanol–water partition coefficient (Wildman–Crippen LogP) is 2.89. The lowest BCUT2D eigenvalue weighted by atomic mass is 9.78. The number of methoxy groups -OCH3 is 1. The van der Waals surface area contributed by atoms with Crippen LogP contribution >= 0.6 is 0 Å². The number of nitrogens with one attached hydrogen (secondary N) is 1. The first-order valence-electron chi connectivity index (χ1n) is 8.42. The molecule has 1 saturated carbocycles. The van der Waals surface area contributed by atoms with Gasteiger partial charge in [0.2, 0.25) is 0 Å². The van der Waals surface area contributed by atoms with Crippen molar-refractivity contribution in [3.8, 4) is 5.75 Å². The molecule has 0 radical (unpaired) electrons. The van der Waals surface area contributed by atoms with Crippen molar-refractivity contribution in [1.82, 2.24) is 5.32 Å². The number of para-hydroxylation sites is 1. The molecule has 1 N–H and O–H groups in total. The fraction of sp³-hybridized carbons (Fsp3) is 0.474. The second-order valence-corrected chi connectivity index (χ2v) is 6.44. The molecule has 24 heavy (non-hydrogen) atoms. The third kappa shape index (κ3) is 2.90. The van der Waals surface area contributed by atoms with E-state index in [1.165, 1.54) is 0 Å². The average Bonchev–Trinajstić information content (AvgIpc) is 2.83. The molecular formula is C19H23NO4. The summed E-state index contributed by atoms with van der Waals surface area (Å²) in [6.45, 7) is 2.04. The molecule has 1 aliphatic carbocycles. The monoisotopic (exact) mass is 329 g/mol. The fourth-order valence-electron chi connectivity index (χ4n) is 3.71. The van der Waals surface area contributed by atoms with Crippen LogP contribution in [-0.2, 0) is 20.9 Å². The van der Waals surface area contributed by atoms with Crippen molar-refractivity contribution in [2.45, 2.75) is 51.2 Å². The highest BCUT2D eigenvalue weighted by molar-refractivity contribution is 6.07. The van der Waals surface area contributed by atoms with Crippen LogP contribution < -0.4 is 10.1 Å². The van der Waals surface area contributed by atoms with Crippen LogP contribution in [0.25, 0.3) is 0 Å². The third-order valence-electron chi connectivity index (χ3n) is 4.95. The number of rotatable bonds is 4. The maximum absolute atomic E-state index is 12.8. The molecule has 3 rings (SSSR count). The maximum atomic E-state index is 12.8. The van der Waals surface area contributed by atoms with Crippen LogP contribution in [0.5, 0.6) is 5.75 Å². The van der Waals surface area contributed by atoms with Crippen LogP contribution in [0.2, 0.25) is 0 Å². The van der Waals surface area contributed by atoms with Crippen molar-refractivity contribution in [1.29, 1.82) is 0 Å². The van der Waals surface area contributed by atoms with Gasteiger partial charge in [-0.3, -0.25) is 4.79 Å². The zero-order valence-corrected chi connectivity index (χ0v) is 14.2. The molecule has 0 bridgehead atoms. The van der Waals surface area contributed by atoms with Gasteiger partial charge in [-0.25, -0.2) is 4.79 Å². The number of carbonyl (C=O) groups excluding carboxylic acids is 2. The average molecular weight is 329 g/mol. The summed E-state index contributed by atoms with van der Waals surface area (Å²) in [5.41, 5.74) is 1.13. The molecule has 1 fully saturated rings. The summed E-state index contributed by atoms with van der Waals surface area (Å²) in [6, 6.07) is 7.56. The van der Waals surface area contributed by atoms with Crippen molar-refractivity contribution in [3.63, 3.8) is 0 Å². The maximum Gasteiger partial charge on any atom is 0.335 e. The van der Waals surface area contributed by atoms with E-state index in [1.807, 2.05) is 24.3 Å². The first-order valence-corrected chi connectivity index (χ1v) is 8.42. The largest absolute Gasteiger partial charge is 0.496 e. The summed E-state index contributed by atoms with van der Waals surface area (Å²) in [6.07, 6.45) is 4.53. The van der Waals surface area contributed by atoms with Gasteiger partial charge in [-0.2, -0.15) is 0 Å². The zero-order chi connectivity index (χ0) is 17.2. The Balaban J connectivity index is 1.79. The molecule has 2 aliphatic rings. The molecule has 0 aromatic heterocycles. The molecule has 128 valence electrons. The van der Waals surface area contributed by atoms with Gasteiger partial charge in [0.25, 0.3) is 5.91 Å². The minimum absolute atomic E-state index is 0.217. The smallest absolute Gasteiger partial charge is 0.335 e. The summed E-state index contributed by atoms with van der Waals surface area (Å²) >= 11 is 0. The molecule has 5 heteroatoms. The zero-order valence-electron chi connectivity index (χ0n) is 14.2. The molecule has 0 saturated heterocycles. The Morgan fingerprint density at radius 3 is 2.67 bits per heavy atom. The second kappa shape index (κ2) is 6.67. The van der Waals surface area contributed by atoms with E-state index < -0.39 is 5.60 Å². The lowest BCUT2D eigenvalue weighted by Gasteiger charge is -2.34. The van der Waals surface area contributed by atoms with Crippen molar-refractivity contribution < 1.29 is 19.1 Å². The normalized spacial score (nSPS) is 19.3. The number of hydrogen-bond acceptors (Lipinski definition) is 4. The number of hydrogen-bond donors (Lipinski definition) is 1. The highest BCUT2D eigenvalue weighted by Gasteiger charge is 2.49. The number of carbonyl (C=O) groups is 2. The van der Waals surface area contributed by atoms with Crippen LogP contribution in [0.15, 0.2) is 35.4 Å². The topological polar surface area (TPSA) is 64.6 Å². The summed E-state index contributed by atoms with van der Waals surface area (Å²) in [5.74, 6) is 0.153. The minimum atomic E-state index is -0.718. The Hall–Kier alpha value is -2.30. The Bertz CT molecular complexity index is 686. The first-order chi connectivity index (χ1) is 11.6. The molecule has 1 amide bonds. The highest BCUT2D eigenvalue weighted by atomic mass is 16.6. The third-order valence-corrected chi connectivity index (χ3v) is 4.95. The summed E-state index contributed by atoms with van der Waals surface area (Å²) < 4.78 is 10.9. The van der Waals surface area contributed by atoms with Crippen LogP contribution in [0.4, 0.5) is 0 Å². The van der Waals surface area contributed by atoms with Gasteiger partial charge in [-0.05, 0) is 38.7 Å². The van der Waals surface area contributed by atoms with Gasteiger partial charge in [-0.1, -0.05) is 24.6 Å². The van der Waals surface area contributed by atoms with Crippen molar-refractivity contribution >= 4 is 11.9 Å². The number of ether oxygens (including phenoxy) is 2. The van der Waals surface area contributed by atoms with Gasteiger partial charge in [0.1, 0.15) is 11.4 Å². The number of amides is 1. The van der Waals surface area contributed by atoms with E-state index in [0.29, 0.717) is 17.7 Å². The van der Waals surface area contributed by atoms with Gasteiger partial charge in [0.15, 0.2) is 0 Å². The Kier molecular flexibility index (Phi) is 4.60. The molecule has 1 aromatic carbocycles. The van der Waals surface area contributed by atoms with Crippen molar-refractivity contribution in [3.05, 3.63) is 41.0 Å². The van der Waals surface area contributed by atoms with Gasteiger partial charge in [0.05, 0.1) is 12.7 Å². The number of benzene rings is 1. The van der Waals surface area contributed by atoms with E-state index in [0.717, 1.165) is 43.4 Å². The molecule has 5 nitrogen and oxygen atoms in total. The summed E-state index contributed by atoms with van der Waals surface area (Å²) in [5, 5.41) is 2.93. The first kappa shape index (κ1) is 16.6. The van der Waals surface area contributed by atoms with Crippen LogP contribution in [-0.4, -0.2) is 24.6 Å². The summed E-state index contributed by atoms with van der Waals surface area (Å²) in [7, 11) is 1.60. The van der Waals surface area contributed by atoms with E-state index in [1.54, 1.807) is 14.0 Å². The second-order valence-electron chi connectivity index (χ2n) is 6.44. The Morgan fingerprint density at radius 1 is 1.25 bits per heavy atom. The van der Waals surface area contributed by atoms with E-state index in [4.69, 9.17) is 9.47 Å². The lowest BCUT2D eigenvalue weighted by Crippen LogP contribution is -2.41. The molecule has 0 atom stereocenters. The molecule has 1 aromatic rings. The molecule has 1 heterocycles. The van der Waals surface area contributed by atoms with Gasteiger partial charge < -0.3 is 14.8 Å². The van der Waals surface area contributed by atoms with Gasteiger partial charge >= 0.3 is 5.97 Å². The van der Waals surface area contributed by atoms with Gasteiger partial charge in [-0.15, -0.1) is 0 Å². The van der Waals surface area contributed by atoms with Crippen molar-refractivity contribution in [2.24, 2.45) is 0 Å². The van der Waals surface area contributed by atoms with Crippen molar-refractivity contribution in [2.75, 3.05) is 7.11 Å². The van der Waals surface area contributed by atoms with E-state index in [-0.39, 0.29) is 11.9 Å². The molecule has 1 aliphatic heterocycles. The fourth-order valence-corrected chi connectivity index (χ4v) is 3.71. The Morgan fingerprint density at radius 2 is 1.96 bits per heavy atom. The van der Waals surface area contributed by atoms with E-state index in [9.17, 15) is 9.59 Å². The summed E-state index contributed by atoms with van der Waals surface area (Å²) in [4.78, 5) is 24.9. The van der Waals surface area contributed by atoms with Crippen LogP contribution in [0.1, 0.15) is 44.6 Å². The highest BCUT2D eigenvalue weighted by Crippen LogP contribution is 2.43. The van der Waals surface area contributed by atoms with Gasteiger partial charge in [0, 0.05) is 17.7 Å². The van der Waals surface area contributed by atoms with Crippen LogP contribution in [0.3, 0.4) is 0 Å². The minimum Gasteiger partial charge on any atom is -0.496 e. The Labute approximate surface area is 142 Å². The lowest BCUT2D eigenvalue weighted by molar-refractivity contribution is -0.149. The van der Waals surface area contributed by atoms with Crippen LogP contribution in [0, 0.1) is 0 Å². The molecule has 1 spiro atoms.